The van der Waals surface area contributed by atoms with Gasteiger partial charge in [-0.15, -0.1) is 0 Å². The summed E-state index contributed by atoms with van der Waals surface area (Å²) < 4.78 is 0. The Hall–Kier alpha value is -1.42. The summed E-state index contributed by atoms with van der Waals surface area (Å²) in [6.45, 7) is 5.85. The quantitative estimate of drug-likeness (QED) is 0.918. The van der Waals surface area contributed by atoms with Gasteiger partial charge in [0, 0.05) is 31.5 Å². The standard InChI is InChI=1S/C16H25N3O/c1-13(15-8-7-9-17-12-15)18-14(2)16(20)19-10-5-3-4-6-11-19/h7-9,12-14,18H,3-6,10-11H2,1-2H3. The summed E-state index contributed by atoms with van der Waals surface area (Å²) in [6.07, 6.45) is 8.38. The zero-order valence-corrected chi connectivity index (χ0v) is 12.5. The lowest BCUT2D eigenvalue weighted by atomic mass is 10.1. The minimum atomic E-state index is -0.150. The van der Waals surface area contributed by atoms with Crippen molar-refractivity contribution in [3.63, 3.8) is 0 Å². The maximum atomic E-state index is 12.5. The minimum absolute atomic E-state index is 0.134. The number of hydrogen-bond donors (Lipinski definition) is 1. The van der Waals surface area contributed by atoms with Crippen LogP contribution in [-0.2, 0) is 4.79 Å². The number of carbonyl (C=O) groups is 1. The topological polar surface area (TPSA) is 45.2 Å². The molecule has 1 N–H and O–H groups in total. The van der Waals surface area contributed by atoms with Crippen LogP contribution in [0.2, 0.25) is 0 Å². The van der Waals surface area contributed by atoms with Crippen molar-refractivity contribution in [1.29, 1.82) is 0 Å². The molecule has 1 fully saturated rings. The molecule has 0 saturated carbocycles. The third kappa shape index (κ3) is 4.04. The van der Waals surface area contributed by atoms with Crippen LogP contribution in [0, 0.1) is 0 Å². The van der Waals surface area contributed by atoms with Crippen LogP contribution in [0.15, 0.2) is 24.5 Å². The fourth-order valence-corrected chi connectivity index (χ4v) is 2.74. The molecular weight excluding hydrogens is 250 g/mol. The van der Waals surface area contributed by atoms with E-state index in [1.807, 2.05) is 30.2 Å². The van der Waals surface area contributed by atoms with E-state index in [1.165, 1.54) is 12.8 Å². The summed E-state index contributed by atoms with van der Waals surface area (Å²) in [6, 6.07) is 3.95. The first-order chi connectivity index (χ1) is 9.68. The molecule has 0 aliphatic carbocycles. The lowest BCUT2D eigenvalue weighted by Gasteiger charge is -2.26. The summed E-state index contributed by atoms with van der Waals surface area (Å²) in [5.74, 6) is 0.225. The van der Waals surface area contributed by atoms with Crippen molar-refractivity contribution < 1.29 is 4.79 Å². The number of carbonyl (C=O) groups excluding carboxylic acids is 1. The van der Waals surface area contributed by atoms with Gasteiger partial charge in [-0.3, -0.25) is 15.1 Å². The smallest absolute Gasteiger partial charge is 0.239 e. The van der Waals surface area contributed by atoms with E-state index in [-0.39, 0.29) is 18.0 Å². The fourth-order valence-electron chi connectivity index (χ4n) is 2.74. The fraction of sp³-hybridized carbons (Fsp3) is 0.625. The van der Waals surface area contributed by atoms with E-state index >= 15 is 0 Å². The Bertz CT molecular complexity index is 413. The van der Waals surface area contributed by atoms with Crippen molar-refractivity contribution in [1.82, 2.24) is 15.2 Å². The van der Waals surface area contributed by atoms with Gasteiger partial charge in [-0.25, -0.2) is 0 Å². The molecular formula is C16H25N3O. The van der Waals surface area contributed by atoms with Crippen LogP contribution < -0.4 is 5.32 Å². The summed E-state index contributed by atoms with van der Waals surface area (Å²) in [5.41, 5.74) is 1.11. The molecule has 4 nitrogen and oxygen atoms in total. The molecule has 2 unspecified atom stereocenters. The predicted molar refractivity (Wildman–Crippen MR) is 80.3 cm³/mol. The lowest BCUT2D eigenvalue weighted by Crippen LogP contribution is -2.45. The molecule has 1 amide bonds. The highest BCUT2D eigenvalue weighted by atomic mass is 16.2. The molecule has 2 heterocycles. The third-order valence-corrected chi connectivity index (χ3v) is 3.97. The van der Waals surface area contributed by atoms with Gasteiger partial charge >= 0.3 is 0 Å². The van der Waals surface area contributed by atoms with Gasteiger partial charge in [0.05, 0.1) is 6.04 Å². The van der Waals surface area contributed by atoms with Crippen LogP contribution in [-0.4, -0.2) is 34.9 Å². The van der Waals surface area contributed by atoms with Gasteiger partial charge in [-0.1, -0.05) is 18.9 Å². The first kappa shape index (κ1) is 15.0. The van der Waals surface area contributed by atoms with E-state index in [2.05, 4.69) is 17.2 Å². The molecule has 0 spiro atoms. The molecule has 1 aromatic rings. The molecule has 20 heavy (non-hydrogen) atoms. The second kappa shape index (κ2) is 7.39. The Balaban J connectivity index is 1.90. The van der Waals surface area contributed by atoms with E-state index in [1.54, 1.807) is 6.20 Å². The van der Waals surface area contributed by atoms with Crippen molar-refractivity contribution in [2.24, 2.45) is 0 Å². The van der Waals surface area contributed by atoms with Crippen LogP contribution in [0.5, 0.6) is 0 Å². The molecule has 1 saturated heterocycles. The van der Waals surface area contributed by atoms with Crippen molar-refractivity contribution in [3.05, 3.63) is 30.1 Å². The third-order valence-electron chi connectivity index (χ3n) is 3.97. The zero-order valence-electron chi connectivity index (χ0n) is 12.5. The molecule has 2 rings (SSSR count). The molecule has 1 aliphatic rings. The van der Waals surface area contributed by atoms with E-state index in [0.717, 1.165) is 31.5 Å². The Morgan fingerprint density at radius 3 is 2.55 bits per heavy atom. The largest absolute Gasteiger partial charge is 0.341 e. The molecule has 0 aromatic carbocycles. The summed E-state index contributed by atoms with van der Waals surface area (Å²) in [4.78, 5) is 18.6. The zero-order chi connectivity index (χ0) is 14.4. The lowest BCUT2D eigenvalue weighted by molar-refractivity contribution is -0.133. The van der Waals surface area contributed by atoms with E-state index < -0.39 is 0 Å². The average molecular weight is 275 g/mol. The van der Waals surface area contributed by atoms with Crippen molar-refractivity contribution in [2.75, 3.05) is 13.1 Å². The first-order valence-corrected chi connectivity index (χ1v) is 7.63. The SMILES string of the molecule is CC(NC(C)c1cccnc1)C(=O)N1CCCCCC1. The number of likely N-dealkylation sites (tertiary alicyclic amines) is 1. The Kier molecular flexibility index (Phi) is 5.53. The maximum Gasteiger partial charge on any atom is 0.239 e. The van der Waals surface area contributed by atoms with Crippen molar-refractivity contribution in [2.45, 2.75) is 51.6 Å². The van der Waals surface area contributed by atoms with Gasteiger partial charge in [-0.2, -0.15) is 0 Å². The van der Waals surface area contributed by atoms with Gasteiger partial charge in [0.1, 0.15) is 0 Å². The Labute approximate surface area is 121 Å². The highest BCUT2D eigenvalue weighted by molar-refractivity contribution is 5.81. The Morgan fingerprint density at radius 2 is 1.95 bits per heavy atom. The molecule has 1 aromatic heterocycles. The van der Waals surface area contributed by atoms with E-state index in [9.17, 15) is 4.79 Å². The van der Waals surface area contributed by atoms with Gasteiger partial charge < -0.3 is 4.90 Å². The second-order valence-electron chi connectivity index (χ2n) is 5.64. The van der Waals surface area contributed by atoms with Crippen LogP contribution in [0.3, 0.4) is 0 Å². The predicted octanol–water partition coefficient (Wildman–Crippen LogP) is 2.52. The van der Waals surface area contributed by atoms with Crippen LogP contribution in [0.25, 0.3) is 0 Å². The molecule has 1 aliphatic heterocycles. The van der Waals surface area contributed by atoms with Gasteiger partial charge in [0.2, 0.25) is 5.91 Å². The highest BCUT2D eigenvalue weighted by Crippen LogP contribution is 2.14. The van der Waals surface area contributed by atoms with Crippen molar-refractivity contribution in [3.8, 4) is 0 Å². The Morgan fingerprint density at radius 1 is 1.25 bits per heavy atom. The molecule has 2 atom stereocenters. The van der Waals surface area contributed by atoms with E-state index in [0.29, 0.717) is 0 Å². The van der Waals surface area contributed by atoms with Crippen LogP contribution >= 0.6 is 0 Å². The van der Waals surface area contributed by atoms with Crippen LogP contribution in [0.4, 0.5) is 0 Å². The second-order valence-corrected chi connectivity index (χ2v) is 5.64. The molecule has 0 radical (unpaired) electrons. The average Bonchev–Trinajstić information content (AvgIpc) is 2.76. The number of rotatable bonds is 4. The van der Waals surface area contributed by atoms with Gasteiger partial charge in [0.15, 0.2) is 0 Å². The maximum absolute atomic E-state index is 12.5. The number of aromatic nitrogens is 1. The van der Waals surface area contributed by atoms with Gasteiger partial charge in [0.25, 0.3) is 0 Å². The normalized spacial score (nSPS) is 19.2. The van der Waals surface area contributed by atoms with Gasteiger partial charge in [-0.05, 0) is 38.3 Å². The molecule has 0 bridgehead atoms. The summed E-state index contributed by atoms with van der Waals surface area (Å²) in [5, 5.41) is 3.38. The first-order valence-electron chi connectivity index (χ1n) is 7.63. The van der Waals surface area contributed by atoms with E-state index in [4.69, 9.17) is 0 Å². The van der Waals surface area contributed by atoms with Crippen LogP contribution in [0.1, 0.15) is 51.1 Å². The monoisotopic (exact) mass is 275 g/mol. The molecule has 4 heteroatoms. The van der Waals surface area contributed by atoms with Crippen molar-refractivity contribution >= 4 is 5.91 Å². The molecule has 110 valence electrons. The minimum Gasteiger partial charge on any atom is -0.341 e. The number of amides is 1. The summed E-state index contributed by atoms with van der Waals surface area (Å²) >= 11 is 0. The highest BCUT2D eigenvalue weighted by Gasteiger charge is 2.22. The number of nitrogens with one attached hydrogen (secondary N) is 1. The summed E-state index contributed by atoms with van der Waals surface area (Å²) in [7, 11) is 0. The number of nitrogens with zero attached hydrogens (tertiary/aromatic N) is 2. The number of pyridine rings is 1. The number of hydrogen-bond acceptors (Lipinski definition) is 3.